The van der Waals surface area contributed by atoms with E-state index in [1.807, 2.05) is 72.9 Å². The summed E-state index contributed by atoms with van der Waals surface area (Å²) in [5.41, 5.74) is 2.54. The van der Waals surface area contributed by atoms with Gasteiger partial charge in [-0.3, -0.25) is 4.99 Å². The zero-order chi connectivity index (χ0) is 15.2. The number of nitrogens with zero attached hydrogens (tertiary/aromatic N) is 3. The van der Waals surface area contributed by atoms with Crippen LogP contribution in [0, 0.1) is 0 Å². The second-order valence-electron chi connectivity index (χ2n) is 4.45. The highest BCUT2D eigenvalue weighted by molar-refractivity contribution is 9.11. The van der Waals surface area contributed by atoms with Gasteiger partial charge >= 0.3 is 0 Å². The molecular formula is C17H12BrN3S. The molecule has 1 aromatic heterocycles. The summed E-state index contributed by atoms with van der Waals surface area (Å²) in [5, 5.41) is 8.39. The van der Waals surface area contributed by atoms with Crippen LogP contribution in [0.15, 0.2) is 85.7 Å². The maximum atomic E-state index is 4.44. The Labute approximate surface area is 141 Å². The molecule has 1 heterocycles. The molecule has 22 heavy (non-hydrogen) atoms. The Balaban J connectivity index is 1.67. The lowest BCUT2D eigenvalue weighted by atomic mass is 10.3. The first kappa shape index (κ1) is 14.8. The van der Waals surface area contributed by atoms with Crippen molar-refractivity contribution in [2.45, 2.75) is 0 Å². The lowest BCUT2D eigenvalue weighted by Crippen LogP contribution is -1.71. The first-order chi connectivity index (χ1) is 10.8. The number of thiophene rings is 1. The zero-order valence-electron chi connectivity index (χ0n) is 11.6. The monoisotopic (exact) mass is 369 g/mol. The zero-order valence-corrected chi connectivity index (χ0v) is 14.0. The molecule has 5 heteroatoms. The summed E-state index contributed by atoms with van der Waals surface area (Å²) in [5.74, 6) is 0. The van der Waals surface area contributed by atoms with Gasteiger partial charge in [0.25, 0.3) is 0 Å². The molecule has 0 unspecified atom stereocenters. The summed E-state index contributed by atoms with van der Waals surface area (Å²) < 4.78 is 1.10. The number of halogens is 1. The molecule has 3 nitrogen and oxygen atoms in total. The first-order valence-electron chi connectivity index (χ1n) is 6.66. The van der Waals surface area contributed by atoms with Crippen molar-refractivity contribution in [1.82, 2.24) is 0 Å². The van der Waals surface area contributed by atoms with Crippen LogP contribution in [0.4, 0.5) is 17.1 Å². The third kappa shape index (κ3) is 4.19. The van der Waals surface area contributed by atoms with E-state index in [0.29, 0.717) is 0 Å². The van der Waals surface area contributed by atoms with Gasteiger partial charge in [-0.05, 0) is 64.5 Å². The largest absolute Gasteiger partial charge is 0.255 e. The second-order valence-corrected chi connectivity index (χ2v) is 6.95. The van der Waals surface area contributed by atoms with Crippen LogP contribution in [0.2, 0.25) is 0 Å². The molecule has 0 aliphatic heterocycles. The number of rotatable bonds is 4. The Hall–Kier alpha value is -2.11. The fourth-order valence-corrected chi connectivity index (χ4v) is 3.05. The van der Waals surface area contributed by atoms with Gasteiger partial charge in [-0.1, -0.05) is 18.2 Å². The fourth-order valence-electron chi connectivity index (χ4n) is 1.75. The molecule has 0 atom stereocenters. The standard InChI is InChI=1S/C17H12BrN3S/c18-17-11-10-16(22-17)12-19-13-6-8-15(9-7-13)21-20-14-4-2-1-3-5-14/h1-12H. The van der Waals surface area contributed by atoms with Crippen molar-refractivity contribution in [1.29, 1.82) is 0 Å². The number of azo groups is 1. The fraction of sp³-hybridized carbons (Fsp3) is 0. The highest BCUT2D eigenvalue weighted by Crippen LogP contribution is 2.23. The van der Waals surface area contributed by atoms with Crippen LogP contribution in [0.25, 0.3) is 0 Å². The SMILES string of the molecule is Brc1ccc(C=Nc2ccc(N=Nc3ccccc3)cc2)s1. The Morgan fingerprint density at radius 1 is 0.727 bits per heavy atom. The molecule has 0 aliphatic carbocycles. The van der Waals surface area contributed by atoms with Crippen LogP contribution in [0.5, 0.6) is 0 Å². The molecule has 0 aliphatic rings. The van der Waals surface area contributed by atoms with Crippen molar-refractivity contribution >= 4 is 50.5 Å². The summed E-state index contributed by atoms with van der Waals surface area (Å²) in [6.45, 7) is 0. The summed E-state index contributed by atoms with van der Waals surface area (Å²) in [7, 11) is 0. The van der Waals surface area contributed by atoms with E-state index in [9.17, 15) is 0 Å². The highest BCUT2D eigenvalue weighted by atomic mass is 79.9. The van der Waals surface area contributed by atoms with Gasteiger partial charge < -0.3 is 0 Å². The molecule has 0 radical (unpaired) electrons. The minimum atomic E-state index is 0.807. The summed E-state index contributed by atoms with van der Waals surface area (Å²) >= 11 is 5.09. The van der Waals surface area contributed by atoms with Crippen molar-refractivity contribution in [2.24, 2.45) is 15.2 Å². The number of aliphatic imine (C=N–C) groups is 1. The van der Waals surface area contributed by atoms with Crippen LogP contribution in [0.3, 0.4) is 0 Å². The van der Waals surface area contributed by atoms with E-state index in [1.54, 1.807) is 11.3 Å². The van der Waals surface area contributed by atoms with E-state index in [0.717, 1.165) is 25.7 Å². The van der Waals surface area contributed by atoms with Crippen molar-refractivity contribution in [3.63, 3.8) is 0 Å². The molecule has 0 fully saturated rings. The van der Waals surface area contributed by atoms with Gasteiger partial charge in [0.15, 0.2) is 0 Å². The number of hydrogen-bond donors (Lipinski definition) is 0. The molecule has 2 aromatic carbocycles. The molecule has 0 amide bonds. The Morgan fingerprint density at radius 2 is 1.36 bits per heavy atom. The van der Waals surface area contributed by atoms with Gasteiger partial charge in [0.05, 0.1) is 20.8 Å². The first-order valence-corrected chi connectivity index (χ1v) is 8.27. The normalized spacial score (nSPS) is 11.5. The predicted molar refractivity (Wildman–Crippen MR) is 96.3 cm³/mol. The molecule has 0 spiro atoms. The third-order valence-corrected chi connectivity index (χ3v) is 4.38. The lowest BCUT2D eigenvalue weighted by Gasteiger charge is -1.95. The van der Waals surface area contributed by atoms with Crippen LogP contribution in [0.1, 0.15) is 4.88 Å². The predicted octanol–water partition coefficient (Wildman–Crippen LogP) is 6.68. The van der Waals surface area contributed by atoms with E-state index >= 15 is 0 Å². The van der Waals surface area contributed by atoms with Gasteiger partial charge in [0, 0.05) is 11.1 Å². The molecule has 3 aromatic rings. The topological polar surface area (TPSA) is 37.1 Å². The molecule has 0 N–H and O–H groups in total. The Kier molecular flexibility index (Phi) is 4.88. The summed E-state index contributed by atoms with van der Waals surface area (Å²) in [6, 6.07) is 21.4. The van der Waals surface area contributed by atoms with Crippen molar-refractivity contribution in [3.8, 4) is 0 Å². The molecule has 0 saturated heterocycles. The van der Waals surface area contributed by atoms with Gasteiger partial charge in [-0.25, -0.2) is 0 Å². The quantitative estimate of drug-likeness (QED) is 0.363. The minimum absolute atomic E-state index is 0.807. The highest BCUT2D eigenvalue weighted by Gasteiger charge is 1.95. The van der Waals surface area contributed by atoms with E-state index in [4.69, 9.17) is 0 Å². The van der Waals surface area contributed by atoms with Crippen LogP contribution in [-0.2, 0) is 0 Å². The molecular weight excluding hydrogens is 358 g/mol. The maximum Gasteiger partial charge on any atom is 0.0858 e. The second kappa shape index (κ2) is 7.24. The van der Waals surface area contributed by atoms with Crippen LogP contribution in [-0.4, -0.2) is 6.21 Å². The van der Waals surface area contributed by atoms with Gasteiger partial charge in [-0.2, -0.15) is 10.2 Å². The van der Waals surface area contributed by atoms with Gasteiger partial charge in [-0.15, -0.1) is 11.3 Å². The Bertz CT molecular complexity index is 792. The van der Waals surface area contributed by atoms with Gasteiger partial charge in [0.1, 0.15) is 0 Å². The minimum Gasteiger partial charge on any atom is -0.255 e. The molecule has 0 bridgehead atoms. The molecule has 0 saturated carbocycles. The summed E-state index contributed by atoms with van der Waals surface area (Å²) in [6.07, 6.45) is 1.86. The van der Waals surface area contributed by atoms with Crippen LogP contribution >= 0.6 is 27.3 Å². The average Bonchev–Trinajstić information content (AvgIpc) is 2.98. The van der Waals surface area contributed by atoms with Crippen LogP contribution < -0.4 is 0 Å². The molecule has 3 rings (SSSR count). The van der Waals surface area contributed by atoms with E-state index in [2.05, 4.69) is 31.2 Å². The number of benzene rings is 2. The van der Waals surface area contributed by atoms with E-state index < -0.39 is 0 Å². The van der Waals surface area contributed by atoms with Gasteiger partial charge in [0.2, 0.25) is 0 Å². The van der Waals surface area contributed by atoms with E-state index in [-0.39, 0.29) is 0 Å². The van der Waals surface area contributed by atoms with Crippen molar-refractivity contribution in [2.75, 3.05) is 0 Å². The maximum absolute atomic E-state index is 4.44. The third-order valence-electron chi connectivity index (χ3n) is 2.82. The molecule has 108 valence electrons. The lowest BCUT2D eigenvalue weighted by molar-refractivity contribution is 1.23. The smallest absolute Gasteiger partial charge is 0.0858 e. The van der Waals surface area contributed by atoms with Crippen molar-refractivity contribution in [3.05, 3.63) is 75.4 Å². The van der Waals surface area contributed by atoms with E-state index in [1.165, 1.54) is 0 Å². The summed E-state index contributed by atoms with van der Waals surface area (Å²) in [4.78, 5) is 5.55. The van der Waals surface area contributed by atoms with Crippen molar-refractivity contribution < 1.29 is 0 Å². The average molecular weight is 370 g/mol. The number of hydrogen-bond acceptors (Lipinski definition) is 4. The Morgan fingerprint density at radius 3 is 2.00 bits per heavy atom.